The van der Waals surface area contributed by atoms with Crippen molar-refractivity contribution in [2.75, 3.05) is 26.2 Å². The Morgan fingerprint density at radius 2 is 1.53 bits per heavy atom. The summed E-state index contributed by atoms with van der Waals surface area (Å²) in [6.07, 6.45) is 0.230. The minimum absolute atomic E-state index is 0.147. The lowest BCUT2D eigenvalue weighted by molar-refractivity contribution is -0.132. The fourth-order valence-corrected chi connectivity index (χ4v) is 1.69. The van der Waals surface area contributed by atoms with Crippen molar-refractivity contribution >= 4 is 12.0 Å². The number of amides is 2. The third-order valence-corrected chi connectivity index (χ3v) is 2.59. The first-order valence-electron chi connectivity index (χ1n) is 6.09. The Kier molecular flexibility index (Phi) is 4.37. The zero-order valence-electron chi connectivity index (χ0n) is 11.2. The summed E-state index contributed by atoms with van der Waals surface area (Å²) >= 11 is 0. The molecule has 0 bridgehead atoms. The topological polar surface area (TPSA) is 49.9 Å². The van der Waals surface area contributed by atoms with E-state index in [1.165, 1.54) is 0 Å². The van der Waals surface area contributed by atoms with Gasteiger partial charge in [-0.1, -0.05) is 6.92 Å². The Hall–Kier alpha value is -1.26. The maximum absolute atomic E-state index is 11.8. The van der Waals surface area contributed by atoms with E-state index < -0.39 is 5.60 Å². The van der Waals surface area contributed by atoms with Crippen molar-refractivity contribution < 1.29 is 14.3 Å². The van der Waals surface area contributed by atoms with Crippen molar-refractivity contribution in [2.24, 2.45) is 0 Å². The maximum atomic E-state index is 11.8. The normalized spacial score (nSPS) is 16.9. The van der Waals surface area contributed by atoms with Crippen LogP contribution in [-0.2, 0) is 9.53 Å². The van der Waals surface area contributed by atoms with Gasteiger partial charge in [0.1, 0.15) is 5.60 Å². The summed E-state index contributed by atoms with van der Waals surface area (Å²) in [5.74, 6) is 0.147. The first-order valence-corrected chi connectivity index (χ1v) is 6.09. The quantitative estimate of drug-likeness (QED) is 0.699. The number of carbonyl (C=O) groups is 2. The van der Waals surface area contributed by atoms with Gasteiger partial charge in [0.25, 0.3) is 0 Å². The molecule has 1 heterocycles. The van der Waals surface area contributed by atoms with Gasteiger partial charge >= 0.3 is 6.09 Å². The smallest absolute Gasteiger partial charge is 0.410 e. The summed E-state index contributed by atoms with van der Waals surface area (Å²) in [5.41, 5.74) is -0.465. The van der Waals surface area contributed by atoms with Crippen LogP contribution in [0.2, 0.25) is 0 Å². The molecule has 1 rings (SSSR count). The van der Waals surface area contributed by atoms with E-state index in [0.29, 0.717) is 32.6 Å². The molecule has 0 aliphatic carbocycles. The number of ether oxygens (including phenoxy) is 1. The van der Waals surface area contributed by atoms with E-state index in [9.17, 15) is 9.59 Å². The molecular weight excluding hydrogens is 220 g/mol. The minimum atomic E-state index is -0.465. The first-order chi connectivity index (χ1) is 7.83. The Morgan fingerprint density at radius 1 is 1.06 bits per heavy atom. The SMILES string of the molecule is CCC(=O)N1CCN(C(=O)OC(C)(C)C)CC1. The van der Waals surface area contributed by atoms with Crippen LogP contribution >= 0.6 is 0 Å². The molecule has 0 aromatic heterocycles. The number of hydrogen-bond acceptors (Lipinski definition) is 3. The van der Waals surface area contributed by atoms with Crippen molar-refractivity contribution in [2.45, 2.75) is 39.7 Å². The van der Waals surface area contributed by atoms with Crippen LogP contribution in [0, 0.1) is 0 Å². The molecule has 0 radical (unpaired) electrons. The third kappa shape index (κ3) is 4.24. The van der Waals surface area contributed by atoms with Crippen LogP contribution in [0.25, 0.3) is 0 Å². The van der Waals surface area contributed by atoms with Crippen LogP contribution < -0.4 is 0 Å². The molecule has 0 spiro atoms. The molecule has 0 aromatic carbocycles. The highest BCUT2D eigenvalue weighted by atomic mass is 16.6. The van der Waals surface area contributed by atoms with Gasteiger partial charge in [-0.2, -0.15) is 0 Å². The van der Waals surface area contributed by atoms with E-state index in [-0.39, 0.29) is 12.0 Å². The van der Waals surface area contributed by atoms with Crippen molar-refractivity contribution in [3.8, 4) is 0 Å². The highest BCUT2D eigenvalue weighted by Crippen LogP contribution is 2.12. The lowest BCUT2D eigenvalue weighted by Crippen LogP contribution is -2.51. The molecule has 0 aromatic rings. The van der Waals surface area contributed by atoms with Gasteiger partial charge in [-0.05, 0) is 20.8 Å². The van der Waals surface area contributed by atoms with Crippen molar-refractivity contribution in [1.29, 1.82) is 0 Å². The molecule has 5 nitrogen and oxygen atoms in total. The molecule has 2 amide bonds. The highest BCUT2D eigenvalue weighted by Gasteiger charge is 2.26. The maximum Gasteiger partial charge on any atom is 0.410 e. The van der Waals surface area contributed by atoms with E-state index in [0.717, 1.165) is 0 Å². The predicted octanol–water partition coefficient (Wildman–Crippen LogP) is 1.48. The van der Waals surface area contributed by atoms with Crippen molar-refractivity contribution in [3.63, 3.8) is 0 Å². The summed E-state index contributed by atoms with van der Waals surface area (Å²) in [5, 5.41) is 0. The summed E-state index contributed by atoms with van der Waals surface area (Å²) in [6.45, 7) is 9.72. The van der Waals surface area contributed by atoms with Gasteiger partial charge in [-0.15, -0.1) is 0 Å². The Balaban J connectivity index is 2.42. The van der Waals surface area contributed by atoms with Gasteiger partial charge in [0.05, 0.1) is 0 Å². The van der Waals surface area contributed by atoms with E-state index >= 15 is 0 Å². The molecule has 1 aliphatic heterocycles. The second kappa shape index (κ2) is 5.38. The van der Waals surface area contributed by atoms with Gasteiger partial charge in [0, 0.05) is 32.6 Å². The second-order valence-corrected chi connectivity index (χ2v) is 5.20. The van der Waals surface area contributed by atoms with Crippen LogP contribution in [0.3, 0.4) is 0 Å². The summed E-state index contributed by atoms with van der Waals surface area (Å²) < 4.78 is 5.28. The number of piperazine rings is 1. The zero-order valence-corrected chi connectivity index (χ0v) is 11.2. The molecule has 98 valence electrons. The molecular formula is C12H22N2O3. The standard InChI is InChI=1S/C12H22N2O3/c1-5-10(15)13-6-8-14(9-7-13)11(16)17-12(2,3)4/h5-9H2,1-4H3. The van der Waals surface area contributed by atoms with Crippen LogP contribution in [0.5, 0.6) is 0 Å². The van der Waals surface area contributed by atoms with Crippen LogP contribution in [-0.4, -0.2) is 53.6 Å². The van der Waals surface area contributed by atoms with Gasteiger partial charge in [0.15, 0.2) is 0 Å². The van der Waals surface area contributed by atoms with E-state index in [1.54, 1.807) is 9.80 Å². The zero-order chi connectivity index (χ0) is 13.1. The molecule has 0 N–H and O–H groups in total. The number of nitrogens with zero attached hydrogens (tertiary/aromatic N) is 2. The molecule has 0 unspecified atom stereocenters. The Bertz CT molecular complexity index is 289. The van der Waals surface area contributed by atoms with Gasteiger partial charge < -0.3 is 14.5 Å². The predicted molar refractivity (Wildman–Crippen MR) is 64.7 cm³/mol. The van der Waals surface area contributed by atoms with Crippen LogP contribution in [0.4, 0.5) is 4.79 Å². The van der Waals surface area contributed by atoms with Crippen molar-refractivity contribution in [1.82, 2.24) is 9.80 Å². The highest BCUT2D eigenvalue weighted by molar-refractivity contribution is 5.76. The number of hydrogen-bond donors (Lipinski definition) is 0. The van der Waals surface area contributed by atoms with E-state index in [1.807, 2.05) is 27.7 Å². The minimum Gasteiger partial charge on any atom is -0.444 e. The Morgan fingerprint density at radius 3 is 1.94 bits per heavy atom. The summed E-state index contributed by atoms with van der Waals surface area (Å²) in [6, 6.07) is 0. The monoisotopic (exact) mass is 242 g/mol. The van der Waals surface area contributed by atoms with E-state index in [2.05, 4.69) is 0 Å². The fourth-order valence-electron chi connectivity index (χ4n) is 1.69. The van der Waals surface area contributed by atoms with Crippen molar-refractivity contribution in [3.05, 3.63) is 0 Å². The fraction of sp³-hybridized carbons (Fsp3) is 0.833. The van der Waals surface area contributed by atoms with E-state index in [4.69, 9.17) is 4.74 Å². The van der Waals surface area contributed by atoms with Crippen LogP contribution in [0.1, 0.15) is 34.1 Å². The number of rotatable bonds is 1. The number of carbonyl (C=O) groups excluding carboxylic acids is 2. The molecule has 17 heavy (non-hydrogen) atoms. The molecule has 1 aliphatic rings. The van der Waals surface area contributed by atoms with Gasteiger partial charge in [-0.3, -0.25) is 4.79 Å². The summed E-state index contributed by atoms with van der Waals surface area (Å²) in [4.78, 5) is 26.7. The average molecular weight is 242 g/mol. The Labute approximate surface area is 103 Å². The average Bonchev–Trinajstić information content (AvgIpc) is 2.26. The second-order valence-electron chi connectivity index (χ2n) is 5.20. The van der Waals surface area contributed by atoms with Crippen LogP contribution in [0.15, 0.2) is 0 Å². The third-order valence-electron chi connectivity index (χ3n) is 2.59. The lowest BCUT2D eigenvalue weighted by atomic mass is 10.2. The molecule has 0 saturated carbocycles. The molecule has 5 heteroatoms. The van der Waals surface area contributed by atoms with Gasteiger partial charge in [0.2, 0.25) is 5.91 Å². The first kappa shape index (κ1) is 13.8. The van der Waals surface area contributed by atoms with Gasteiger partial charge in [-0.25, -0.2) is 4.79 Å². The molecule has 1 saturated heterocycles. The largest absolute Gasteiger partial charge is 0.444 e. The summed E-state index contributed by atoms with van der Waals surface area (Å²) in [7, 11) is 0. The molecule has 0 atom stereocenters. The molecule has 1 fully saturated rings. The lowest BCUT2D eigenvalue weighted by Gasteiger charge is -2.35.